The van der Waals surface area contributed by atoms with Gasteiger partial charge in [0.2, 0.25) is 0 Å². The monoisotopic (exact) mass is 257 g/mol. The molecule has 0 bridgehead atoms. The molecule has 0 aliphatic heterocycles. The highest BCUT2D eigenvalue weighted by Crippen LogP contribution is 2.32. The van der Waals surface area contributed by atoms with Gasteiger partial charge in [0.15, 0.2) is 0 Å². The van der Waals surface area contributed by atoms with Crippen molar-refractivity contribution in [3.8, 4) is 0 Å². The lowest BCUT2D eigenvalue weighted by atomic mass is 9.80. The summed E-state index contributed by atoms with van der Waals surface area (Å²) in [5.41, 5.74) is 0. The van der Waals surface area contributed by atoms with Crippen LogP contribution in [0.2, 0.25) is 0 Å². The number of thioether (sulfide) groups is 1. The van der Waals surface area contributed by atoms with Crippen molar-refractivity contribution in [1.29, 1.82) is 0 Å². The van der Waals surface area contributed by atoms with Crippen molar-refractivity contribution in [1.82, 2.24) is 5.32 Å². The first-order chi connectivity index (χ1) is 8.05. The fourth-order valence-corrected chi connectivity index (χ4v) is 4.11. The van der Waals surface area contributed by atoms with Crippen molar-refractivity contribution < 1.29 is 0 Å². The second kappa shape index (κ2) is 7.04. The van der Waals surface area contributed by atoms with E-state index in [4.69, 9.17) is 0 Å². The molecule has 1 aliphatic carbocycles. The topological polar surface area (TPSA) is 12.0 Å². The van der Waals surface area contributed by atoms with Gasteiger partial charge in [-0.25, -0.2) is 0 Å². The number of hydrogen-bond donors (Lipinski definition) is 1. The van der Waals surface area contributed by atoms with Gasteiger partial charge in [0.25, 0.3) is 0 Å². The molecule has 0 aromatic heterocycles. The molecule has 17 heavy (non-hydrogen) atoms. The smallest absolute Gasteiger partial charge is 0.0276 e. The van der Waals surface area contributed by atoms with Gasteiger partial charge in [-0.3, -0.25) is 0 Å². The van der Waals surface area contributed by atoms with Crippen LogP contribution in [0, 0.1) is 11.8 Å². The highest BCUT2D eigenvalue weighted by molar-refractivity contribution is 8.00. The molecule has 1 nitrogen and oxygen atoms in total. The third-order valence-electron chi connectivity index (χ3n) is 4.61. The zero-order valence-electron chi connectivity index (χ0n) is 12.4. The molecular formula is C15H31NS. The molecule has 1 fully saturated rings. The molecule has 2 unspecified atom stereocenters. The summed E-state index contributed by atoms with van der Waals surface area (Å²) in [6.45, 7) is 10.7. The van der Waals surface area contributed by atoms with Crippen molar-refractivity contribution in [2.24, 2.45) is 11.8 Å². The molecule has 0 heterocycles. The molecule has 1 aliphatic rings. The van der Waals surface area contributed by atoms with E-state index in [1.165, 1.54) is 38.6 Å². The normalized spacial score (nSPS) is 30.5. The Morgan fingerprint density at radius 2 is 1.59 bits per heavy atom. The summed E-state index contributed by atoms with van der Waals surface area (Å²) in [6, 6.07) is 0.762. The Balaban J connectivity index is 2.43. The van der Waals surface area contributed by atoms with E-state index in [1.807, 2.05) is 11.8 Å². The molecule has 1 saturated carbocycles. The third kappa shape index (κ3) is 4.48. The summed E-state index contributed by atoms with van der Waals surface area (Å²) < 4.78 is 0.462. The van der Waals surface area contributed by atoms with Gasteiger partial charge in [0.1, 0.15) is 0 Å². The molecule has 0 radical (unpaired) electrons. The van der Waals surface area contributed by atoms with E-state index in [9.17, 15) is 0 Å². The molecule has 0 spiro atoms. The predicted octanol–water partition coefficient (Wildman–Crippen LogP) is 4.32. The van der Waals surface area contributed by atoms with E-state index in [0.29, 0.717) is 4.75 Å². The zero-order chi connectivity index (χ0) is 12.9. The average molecular weight is 257 g/mol. The van der Waals surface area contributed by atoms with Gasteiger partial charge in [-0.05, 0) is 50.2 Å². The van der Waals surface area contributed by atoms with E-state index >= 15 is 0 Å². The van der Waals surface area contributed by atoms with Gasteiger partial charge in [-0.1, -0.05) is 27.7 Å². The molecule has 0 saturated heterocycles. The molecule has 2 heteroatoms. The largest absolute Gasteiger partial charge is 0.313 e. The zero-order valence-corrected chi connectivity index (χ0v) is 13.2. The quantitative estimate of drug-likeness (QED) is 0.760. The van der Waals surface area contributed by atoms with Crippen molar-refractivity contribution in [2.45, 2.75) is 70.6 Å². The summed E-state index contributed by atoms with van der Waals surface area (Å²) in [7, 11) is 0. The van der Waals surface area contributed by atoms with Crippen LogP contribution in [0.4, 0.5) is 0 Å². The summed E-state index contributed by atoms with van der Waals surface area (Å²) in [5.74, 6) is 1.81. The van der Waals surface area contributed by atoms with Crippen LogP contribution in [0.1, 0.15) is 59.8 Å². The fourth-order valence-electron chi connectivity index (χ4n) is 3.30. The molecule has 1 rings (SSSR count). The standard InChI is InChI=1S/C15H31NS/c1-6-15(7-2,17-5)11-16-14-9-12(3)8-13(4)10-14/h12-14,16H,6-11H2,1-5H3. The van der Waals surface area contributed by atoms with Gasteiger partial charge in [0, 0.05) is 17.3 Å². The van der Waals surface area contributed by atoms with Crippen molar-refractivity contribution in [3.05, 3.63) is 0 Å². The van der Waals surface area contributed by atoms with Crippen LogP contribution >= 0.6 is 11.8 Å². The van der Waals surface area contributed by atoms with E-state index < -0.39 is 0 Å². The fraction of sp³-hybridized carbons (Fsp3) is 1.00. The Labute approximate surface area is 113 Å². The first-order valence-electron chi connectivity index (χ1n) is 7.33. The molecule has 1 N–H and O–H groups in total. The molecule has 102 valence electrons. The van der Waals surface area contributed by atoms with E-state index in [1.54, 1.807) is 0 Å². The second-order valence-electron chi connectivity index (χ2n) is 6.09. The summed E-state index contributed by atoms with van der Waals surface area (Å²) in [5, 5.41) is 3.86. The average Bonchev–Trinajstić information content (AvgIpc) is 2.30. The van der Waals surface area contributed by atoms with Crippen LogP contribution in [0.5, 0.6) is 0 Å². The number of rotatable bonds is 6. The molecule has 0 aromatic carbocycles. The van der Waals surface area contributed by atoms with Crippen LogP contribution in [-0.2, 0) is 0 Å². The SMILES string of the molecule is CCC(CC)(CNC1CC(C)CC(C)C1)SC. The summed E-state index contributed by atoms with van der Waals surface area (Å²) in [6.07, 6.45) is 8.99. The molecule has 2 atom stereocenters. The highest BCUT2D eigenvalue weighted by atomic mass is 32.2. The Hall–Kier alpha value is 0.310. The molecule has 0 aromatic rings. The minimum absolute atomic E-state index is 0.462. The van der Waals surface area contributed by atoms with Crippen molar-refractivity contribution >= 4 is 11.8 Å². The lowest BCUT2D eigenvalue weighted by molar-refractivity contribution is 0.234. The van der Waals surface area contributed by atoms with Gasteiger partial charge in [0.05, 0.1) is 0 Å². The predicted molar refractivity (Wildman–Crippen MR) is 80.8 cm³/mol. The summed E-state index contributed by atoms with van der Waals surface area (Å²) >= 11 is 2.05. The molecule has 0 amide bonds. The van der Waals surface area contributed by atoms with Crippen LogP contribution < -0.4 is 5.32 Å². The van der Waals surface area contributed by atoms with Gasteiger partial charge in [-0.2, -0.15) is 11.8 Å². The highest BCUT2D eigenvalue weighted by Gasteiger charge is 2.28. The number of hydrogen-bond acceptors (Lipinski definition) is 2. The van der Waals surface area contributed by atoms with E-state index in [0.717, 1.165) is 17.9 Å². The lowest BCUT2D eigenvalue weighted by Crippen LogP contribution is -2.44. The minimum atomic E-state index is 0.462. The lowest BCUT2D eigenvalue weighted by Gasteiger charge is -2.36. The van der Waals surface area contributed by atoms with Crippen LogP contribution in [0.15, 0.2) is 0 Å². The number of nitrogens with one attached hydrogen (secondary N) is 1. The van der Waals surface area contributed by atoms with Crippen LogP contribution in [-0.4, -0.2) is 23.6 Å². The first-order valence-corrected chi connectivity index (χ1v) is 8.56. The van der Waals surface area contributed by atoms with Gasteiger partial charge in [-0.15, -0.1) is 0 Å². The minimum Gasteiger partial charge on any atom is -0.313 e. The first kappa shape index (κ1) is 15.4. The Bertz CT molecular complexity index is 195. The van der Waals surface area contributed by atoms with Crippen LogP contribution in [0.3, 0.4) is 0 Å². The third-order valence-corrected chi connectivity index (χ3v) is 6.20. The van der Waals surface area contributed by atoms with Crippen LogP contribution in [0.25, 0.3) is 0 Å². The maximum absolute atomic E-state index is 3.86. The maximum atomic E-state index is 3.86. The van der Waals surface area contributed by atoms with E-state index in [2.05, 4.69) is 39.3 Å². The van der Waals surface area contributed by atoms with Gasteiger partial charge < -0.3 is 5.32 Å². The van der Waals surface area contributed by atoms with Crippen molar-refractivity contribution in [2.75, 3.05) is 12.8 Å². The maximum Gasteiger partial charge on any atom is 0.0276 e. The van der Waals surface area contributed by atoms with Gasteiger partial charge >= 0.3 is 0 Å². The van der Waals surface area contributed by atoms with Crippen molar-refractivity contribution in [3.63, 3.8) is 0 Å². The Kier molecular flexibility index (Phi) is 6.36. The second-order valence-corrected chi connectivity index (χ2v) is 7.36. The Morgan fingerprint density at radius 1 is 1.06 bits per heavy atom. The molecular weight excluding hydrogens is 226 g/mol. The summed E-state index contributed by atoms with van der Waals surface area (Å²) in [4.78, 5) is 0. The van der Waals surface area contributed by atoms with E-state index in [-0.39, 0.29) is 0 Å². The Morgan fingerprint density at radius 3 is 2.00 bits per heavy atom.